The maximum absolute atomic E-state index is 12.2. The predicted molar refractivity (Wildman–Crippen MR) is 98.3 cm³/mol. The first kappa shape index (κ1) is 18.8. The molecule has 1 heterocycles. The number of nitrogens with one attached hydrogen (secondary N) is 2. The number of amides is 1. The van der Waals surface area contributed by atoms with Crippen LogP contribution in [-0.2, 0) is 4.79 Å². The van der Waals surface area contributed by atoms with Crippen LogP contribution in [0.5, 0.6) is 5.75 Å². The molecule has 4 heteroatoms. The van der Waals surface area contributed by atoms with Crippen LogP contribution in [0.2, 0.25) is 0 Å². The summed E-state index contributed by atoms with van der Waals surface area (Å²) in [5.74, 6) is 2.06. The smallest absolute Gasteiger partial charge is 0.220 e. The number of aryl methyl sites for hydroxylation is 1. The first-order chi connectivity index (χ1) is 11.6. The summed E-state index contributed by atoms with van der Waals surface area (Å²) in [6, 6.07) is 8.05. The van der Waals surface area contributed by atoms with Crippen LogP contribution < -0.4 is 15.4 Å². The average molecular weight is 332 g/mol. The molecular weight excluding hydrogens is 300 g/mol. The third-order valence-corrected chi connectivity index (χ3v) is 4.92. The lowest BCUT2D eigenvalue weighted by Gasteiger charge is -2.28. The molecule has 0 saturated carbocycles. The van der Waals surface area contributed by atoms with E-state index in [1.165, 1.54) is 18.4 Å². The highest BCUT2D eigenvalue weighted by molar-refractivity contribution is 5.76. The fraction of sp³-hybridized carbons (Fsp3) is 0.650. The predicted octanol–water partition coefficient (Wildman–Crippen LogP) is 3.29. The van der Waals surface area contributed by atoms with Gasteiger partial charge in [0.2, 0.25) is 5.91 Å². The second kappa shape index (κ2) is 9.67. The van der Waals surface area contributed by atoms with Gasteiger partial charge in [0, 0.05) is 6.42 Å². The molecule has 2 rings (SSSR count). The van der Waals surface area contributed by atoms with Crippen molar-refractivity contribution >= 4 is 5.91 Å². The number of hydrogen-bond acceptors (Lipinski definition) is 3. The molecule has 1 aliphatic heterocycles. The molecule has 134 valence electrons. The van der Waals surface area contributed by atoms with E-state index in [0.717, 1.165) is 25.3 Å². The van der Waals surface area contributed by atoms with Crippen molar-refractivity contribution in [1.82, 2.24) is 10.6 Å². The van der Waals surface area contributed by atoms with Gasteiger partial charge in [-0.15, -0.1) is 0 Å². The van der Waals surface area contributed by atoms with E-state index >= 15 is 0 Å². The van der Waals surface area contributed by atoms with Gasteiger partial charge < -0.3 is 15.4 Å². The average Bonchev–Trinajstić information content (AvgIpc) is 2.59. The molecule has 2 N–H and O–H groups in total. The Kier molecular flexibility index (Phi) is 7.57. The molecule has 0 bridgehead atoms. The highest BCUT2D eigenvalue weighted by Gasteiger charge is 2.22. The standard InChI is InChI=1S/C20H32N2O2/c1-4-18(24-19-9-5-7-15(2)11-19)14-22-20(23)12-16(3)17-8-6-10-21-13-17/h5,7,9,11,16-18,21H,4,6,8,10,12-14H2,1-3H3,(H,22,23). The Hall–Kier alpha value is -1.55. The summed E-state index contributed by atoms with van der Waals surface area (Å²) in [5.41, 5.74) is 1.18. The van der Waals surface area contributed by atoms with Gasteiger partial charge in [0.05, 0.1) is 6.54 Å². The fourth-order valence-electron chi connectivity index (χ4n) is 3.27. The highest BCUT2D eigenvalue weighted by atomic mass is 16.5. The number of rotatable bonds is 8. The van der Waals surface area contributed by atoms with Crippen LogP contribution in [0.1, 0.15) is 45.1 Å². The molecule has 3 unspecified atom stereocenters. The largest absolute Gasteiger partial charge is 0.489 e. The molecule has 1 aromatic rings. The Balaban J connectivity index is 1.74. The SMILES string of the molecule is CCC(CNC(=O)CC(C)C1CCCNC1)Oc1cccc(C)c1. The summed E-state index contributed by atoms with van der Waals surface area (Å²) in [6.07, 6.45) is 3.94. The van der Waals surface area contributed by atoms with Gasteiger partial charge in [0.25, 0.3) is 0 Å². The van der Waals surface area contributed by atoms with Crippen LogP contribution in [0, 0.1) is 18.8 Å². The number of piperidine rings is 1. The van der Waals surface area contributed by atoms with Crippen molar-refractivity contribution in [3.8, 4) is 5.75 Å². The van der Waals surface area contributed by atoms with Crippen molar-refractivity contribution < 1.29 is 9.53 Å². The number of carbonyl (C=O) groups excluding carboxylic acids is 1. The van der Waals surface area contributed by atoms with Crippen LogP contribution in [-0.4, -0.2) is 31.6 Å². The van der Waals surface area contributed by atoms with Gasteiger partial charge in [-0.25, -0.2) is 0 Å². The van der Waals surface area contributed by atoms with E-state index in [9.17, 15) is 4.79 Å². The minimum atomic E-state index is 0.0161. The van der Waals surface area contributed by atoms with Gasteiger partial charge in [0.1, 0.15) is 11.9 Å². The second-order valence-electron chi connectivity index (χ2n) is 7.06. The Morgan fingerprint density at radius 3 is 2.96 bits per heavy atom. The maximum atomic E-state index is 12.2. The molecule has 4 nitrogen and oxygen atoms in total. The molecule has 0 spiro atoms. The number of ether oxygens (including phenoxy) is 1. The van der Waals surface area contributed by atoms with Gasteiger partial charge >= 0.3 is 0 Å². The summed E-state index contributed by atoms with van der Waals surface area (Å²) in [7, 11) is 0. The molecule has 24 heavy (non-hydrogen) atoms. The molecule has 3 atom stereocenters. The summed E-state index contributed by atoms with van der Waals surface area (Å²) < 4.78 is 5.99. The quantitative estimate of drug-likeness (QED) is 0.768. The van der Waals surface area contributed by atoms with Crippen molar-refractivity contribution in [2.75, 3.05) is 19.6 Å². The van der Waals surface area contributed by atoms with E-state index < -0.39 is 0 Å². The fourth-order valence-corrected chi connectivity index (χ4v) is 3.27. The van der Waals surface area contributed by atoms with Gasteiger partial charge in [-0.1, -0.05) is 26.0 Å². The lowest BCUT2D eigenvalue weighted by molar-refractivity contribution is -0.122. The van der Waals surface area contributed by atoms with Gasteiger partial charge in [-0.2, -0.15) is 0 Å². The van der Waals surface area contributed by atoms with Crippen molar-refractivity contribution in [3.63, 3.8) is 0 Å². The zero-order valence-corrected chi connectivity index (χ0v) is 15.3. The van der Waals surface area contributed by atoms with Crippen molar-refractivity contribution in [2.24, 2.45) is 11.8 Å². The second-order valence-corrected chi connectivity index (χ2v) is 7.06. The minimum Gasteiger partial charge on any atom is -0.489 e. The first-order valence-corrected chi connectivity index (χ1v) is 9.29. The molecule has 0 aliphatic carbocycles. The molecule has 1 aromatic carbocycles. The maximum Gasteiger partial charge on any atom is 0.220 e. The normalized spacial score (nSPS) is 20.2. The van der Waals surface area contributed by atoms with Gasteiger partial charge in [-0.05, 0) is 68.8 Å². The monoisotopic (exact) mass is 332 g/mol. The highest BCUT2D eigenvalue weighted by Crippen LogP contribution is 2.22. The molecule has 1 saturated heterocycles. The third kappa shape index (κ3) is 6.16. The van der Waals surface area contributed by atoms with Crippen LogP contribution in [0.3, 0.4) is 0 Å². The molecule has 1 aliphatic rings. The zero-order chi connectivity index (χ0) is 17.4. The third-order valence-electron chi connectivity index (χ3n) is 4.92. The lowest BCUT2D eigenvalue weighted by Crippen LogP contribution is -2.38. The Morgan fingerprint density at radius 2 is 2.29 bits per heavy atom. The Bertz CT molecular complexity index is 512. The number of carbonyl (C=O) groups is 1. The molecular formula is C20H32N2O2. The lowest BCUT2D eigenvalue weighted by atomic mass is 9.85. The van der Waals surface area contributed by atoms with E-state index in [1.807, 2.05) is 18.2 Å². The van der Waals surface area contributed by atoms with E-state index in [2.05, 4.69) is 37.5 Å². The minimum absolute atomic E-state index is 0.0161. The number of benzene rings is 1. The zero-order valence-electron chi connectivity index (χ0n) is 15.3. The van der Waals surface area contributed by atoms with Crippen molar-refractivity contribution in [1.29, 1.82) is 0 Å². The summed E-state index contributed by atoms with van der Waals surface area (Å²) >= 11 is 0. The van der Waals surface area contributed by atoms with Gasteiger partial charge in [-0.3, -0.25) is 4.79 Å². The van der Waals surface area contributed by atoms with E-state index in [1.54, 1.807) is 0 Å². The molecule has 1 amide bonds. The van der Waals surface area contributed by atoms with Crippen molar-refractivity contribution in [3.05, 3.63) is 29.8 Å². The van der Waals surface area contributed by atoms with Crippen LogP contribution in [0.4, 0.5) is 0 Å². The number of hydrogen-bond donors (Lipinski definition) is 2. The van der Waals surface area contributed by atoms with E-state index in [-0.39, 0.29) is 12.0 Å². The van der Waals surface area contributed by atoms with Crippen LogP contribution >= 0.6 is 0 Å². The summed E-state index contributed by atoms with van der Waals surface area (Å²) in [5, 5.41) is 6.48. The topological polar surface area (TPSA) is 50.4 Å². The van der Waals surface area contributed by atoms with Gasteiger partial charge in [0.15, 0.2) is 0 Å². The Morgan fingerprint density at radius 1 is 1.46 bits per heavy atom. The Labute approximate surface area is 146 Å². The molecule has 1 fully saturated rings. The van der Waals surface area contributed by atoms with Crippen LogP contribution in [0.25, 0.3) is 0 Å². The van der Waals surface area contributed by atoms with Crippen molar-refractivity contribution in [2.45, 2.75) is 52.6 Å². The summed E-state index contributed by atoms with van der Waals surface area (Å²) in [4.78, 5) is 12.2. The molecule has 0 radical (unpaired) electrons. The summed E-state index contributed by atoms with van der Waals surface area (Å²) in [6.45, 7) is 9.06. The molecule has 0 aromatic heterocycles. The van der Waals surface area contributed by atoms with Crippen LogP contribution in [0.15, 0.2) is 24.3 Å². The van der Waals surface area contributed by atoms with E-state index in [4.69, 9.17) is 4.74 Å². The van der Waals surface area contributed by atoms with E-state index in [0.29, 0.717) is 24.8 Å². The first-order valence-electron chi connectivity index (χ1n) is 9.29.